The fraction of sp³-hybridized carbons (Fsp3) is 1.00. The van der Waals surface area contributed by atoms with E-state index in [2.05, 4.69) is 4.74 Å². The topological polar surface area (TPSA) is 99.4 Å². The first-order valence-electron chi connectivity index (χ1n) is 4.74. The first-order valence-corrected chi connectivity index (χ1v) is 3.74. The van der Waals surface area contributed by atoms with Gasteiger partial charge >= 0.3 is 0 Å². The summed E-state index contributed by atoms with van der Waals surface area (Å²) in [5, 5.41) is 36.9. The van der Waals surface area contributed by atoms with Gasteiger partial charge < -0.3 is 29.9 Å². The first kappa shape index (κ1) is 8.10. The molecule has 0 aromatic heterocycles. The van der Waals surface area contributed by atoms with Gasteiger partial charge in [0.25, 0.3) is 0 Å². The van der Waals surface area contributed by atoms with Gasteiger partial charge in [-0.3, -0.25) is 0 Å². The van der Waals surface area contributed by atoms with Gasteiger partial charge in [0, 0.05) is 7.11 Å². The van der Waals surface area contributed by atoms with Crippen LogP contribution in [0.15, 0.2) is 0 Å². The highest BCUT2D eigenvalue weighted by molar-refractivity contribution is 4.90. The molecular formula is C7H14O6. The van der Waals surface area contributed by atoms with Gasteiger partial charge in [0.05, 0.1) is 9.30 Å². The van der Waals surface area contributed by atoms with Crippen molar-refractivity contribution >= 4 is 0 Å². The summed E-state index contributed by atoms with van der Waals surface area (Å²) in [7, 11) is 1.23. The van der Waals surface area contributed by atoms with E-state index in [4.69, 9.17) is 12.6 Å². The Kier molecular flexibility index (Phi) is 2.69. The largest absolute Gasteiger partial charge is 0.394 e. The Morgan fingerprint density at radius 3 is 2.54 bits per heavy atom. The normalized spacial score (nSPS) is 45.6. The Morgan fingerprint density at radius 2 is 2.15 bits per heavy atom. The van der Waals surface area contributed by atoms with Gasteiger partial charge in [-0.2, -0.15) is 0 Å². The van der Waals surface area contributed by atoms with Crippen molar-refractivity contribution in [1.29, 1.82) is 0 Å². The third-order valence-electron chi connectivity index (χ3n) is 1.93. The predicted molar refractivity (Wildman–Crippen MR) is 40.8 cm³/mol. The minimum atomic E-state index is -2.92. The number of ether oxygens (including phenoxy) is 2. The molecule has 0 saturated carbocycles. The molecule has 0 radical (unpaired) electrons. The summed E-state index contributed by atoms with van der Waals surface area (Å²) in [4.78, 5) is 0. The maximum atomic E-state index is 9.40. The smallest absolute Gasteiger partial charge is 0.186 e. The molecule has 1 heterocycles. The molecule has 0 unspecified atom stereocenters. The van der Waals surface area contributed by atoms with E-state index < -0.39 is 37.3 Å². The monoisotopic (exact) mass is 198 g/mol. The fourth-order valence-electron chi connectivity index (χ4n) is 1.20. The molecular weight excluding hydrogens is 180 g/mol. The first-order chi connectivity index (χ1) is 6.79. The summed E-state index contributed by atoms with van der Waals surface area (Å²) in [6, 6.07) is 0. The van der Waals surface area contributed by atoms with Crippen molar-refractivity contribution < 1.29 is 32.6 Å². The van der Waals surface area contributed by atoms with E-state index in [1.165, 1.54) is 7.11 Å². The zero-order chi connectivity index (χ0) is 11.8. The molecule has 6 heteroatoms. The van der Waals surface area contributed by atoms with Gasteiger partial charge in [-0.1, -0.05) is 0 Å². The van der Waals surface area contributed by atoms with E-state index in [1.807, 2.05) is 0 Å². The number of aliphatic hydroxyl groups excluding tert-OH is 3. The van der Waals surface area contributed by atoms with Crippen molar-refractivity contribution in [3.8, 4) is 0 Å². The van der Waals surface area contributed by atoms with Gasteiger partial charge in [0.2, 0.25) is 0 Å². The summed E-state index contributed by atoms with van der Waals surface area (Å²) in [6.07, 6.45) is -7.47. The van der Waals surface area contributed by atoms with Crippen molar-refractivity contribution in [1.82, 2.24) is 0 Å². The SMILES string of the molecule is [3H]C([3H])(O)[C@@H](O)[C@@H]1O[C@@H](OC)[C@H](O)[C@H]1O. The van der Waals surface area contributed by atoms with Crippen LogP contribution in [0.1, 0.15) is 2.74 Å². The van der Waals surface area contributed by atoms with Crippen molar-refractivity contribution in [2.24, 2.45) is 0 Å². The van der Waals surface area contributed by atoms with Crippen molar-refractivity contribution in [3.05, 3.63) is 0 Å². The maximum absolute atomic E-state index is 9.40. The van der Waals surface area contributed by atoms with Gasteiger partial charge in [-0.05, 0) is 0 Å². The zero-order valence-corrected chi connectivity index (χ0v) is 6.99. The number of rotatable bonds is 3. The quantitative estimate of drug-likeness (QED) is 0.398. The summed E-state index contributed by atoms with van der Waals surface area (Å²) < 4.78 is 23.2. The minimum absolute atomic E-state index is 1.15. The number of hydrogen-bond acceptors (Lipinski definition) is 6. The standard InChI is InChI=1S/C7H14O6/c1-12-7-5(11)4(10)6(13-7)3(9)2-8/h3-11H,2H2,1H3/t3-,4-,5-,6+,7-/m1/s1/i2T2. The third-order valence-corrected chi connectivity index (χ3v) is 1.93. The van der Waals surface area contributed by atoms with Crippen LogP contribution >= 0.6 is 0 Å². The van der Waals surface area contributed by atoms with Crippen LogP contribution in [0.3, 0.4) is 0 Å². The molecule has 5 atom stereocenters. The Labute approximate surface area is 78.1 Å². The number of hydrogen-bond donors (Lipinski definition) is 4. The van der Waals surface area contributed by atoms with E-state index in [-0.39, 0.29) is 0 Å². The summed E-state index contributed by atoms with van der Waals surface area (Å²) >= 11 is 0. The fourth-order valence-corrected chi connectivity index (χ4v) is 1.20. The highest BCUT2D eigenvalue weighted by Gasteiger charge is 2.45. The molecule has 1 rings (SSSR count). The maximum Gasteiger partial charge on any atom is 0.186 e. The van der Waals surface area contributed by atoms with E-state index in [1.54, 1.807) is 0 Å². The second kappa shape index (κ2) is 4.32. The van der Waals surface area contributed by atoms with Crippen molar-refractivity contribution in [2.45, 2.75) is 30.7 Å². The highest BCUT2D eigenvalue weighted by atomic mass is 16.7. The van der Waals surface area contributed by atoms with Gasteiger partial charge in [-0.25, -0.2) is 0 Å². The molecule has 13 heavy (non-hydrogen) atoms. The Bertz CT molecular complexity index is 220. The lowest BCUT2D eigenvalue weighted by atomic mass is 10.1. The average molecular weight is 198 g/mol. The molecule has 0 aromatic carbocycles. The van der Waals surface area contributed by atoms with Crippen molar-refractivity contribution in [2.75, 3.05) is 13.7 Å². The second-order valence-corrected chi connectivity index (χ2v) is 2.76. The van der Waals surface area contributed by atoms with Crippen LogP contribution in [-0.4, -0.2) is 64.8 Å². The van der Waals surface area contributed by atoms with Gasteiger partial charge in [-0.15, -0.1) is 0 Å². The van der Waals surface area contributed by atoms with E-state index in [0.29, 0.717) is 0 Å². The highest BCUT2D eigenvalue weighted by Crippen LogP contribution is 2.23. The average Bonchev–Trinajstić information content (AvgIpc) is 2.41. The summed E-state index contributed by atoms with van der Waals surface area (Å²) in [5.41, 5.74) is 0. The van der Waals surface area contributed by atoms with Crippen LogP contribution in [-0.2, 0) is 9.47 Å². The molecule has 1 saturated heterocycles. The molecule has 1 fully saturated rings. The van der Waals surface area contributed by atoms with Crippen LogP contribution in [0.4, 0.5) is 0 Å². The molecule has 0 aromatic rings. The molecule has 1 aliphatic heterocycles. The van der Waals surface area contributed by atoms with Crippen LogP contribution in [0.5, 0.6) is 0 Å². The molecule has 0 amide bonds. The van der Waals surface area contributed by atoms with Crippen LogP contribution in [0.2, 0.25) is 0 Å². The molecule has 1 aliphatic rings. The molecule has 6 nitrogen and oxygen atoms in total. The van der Waals surface area contributed by atoms with Crippen molar-refractivity contribution in [3.63, 3.8) is 0 Å². The van der Waals surface area contributed by atoms with E-state index in [0.717, 1.165) is 0 Å². The minimum Gasteiger partial charge on any atom is -0.394 e. The van der Waals surface area contributed by atoms with E-state index in [9.17, 15) is 15.3 Å². The van der Waals surface area contributed by atoms with E-state index >= 15 is 0 Å². The Hall–Kier alpha value is -0.240. The van der Waals surface area contributed by atoms with Crippen LogP contribution < -0.4 is 0 Å². The lowest BCUT2D eigenvalue weighted by Gasteiger charge is -2.18. The molecule has 0 aliphatic carbocycles. The second-order valence-electron chi connectivity index (χ2n) is 2.76. The van der Waals surface area contributed by atoms with Gasteiger partial charge in [0.15, 0.2) is 6.29 Å². The zero-order valence-electron chi connectivity index (χ0n) is 8.99. The lowest BCUT2D eigenvalue weighted by Crippen LogP contribution is -2.40. The summed E-state index contributed by atoms with van der Waals surface area (Å²) in [5.74, 6) is 0. The number of methoxy groups -OCH3 is 1. The van der Waals surface area contributed by atoms with Gasteiger partial charge in [0.1, 0.15) is 24.4 Å². The molecule has 4 N–H and O–H groups in total. The summed E-state index contributed by atoms with van der Waals surface area (Å²) in [6.45, 7) is -2.92. The Balaban J connectivity index is 2.73. The predicted octanol–water partition coefficient (Wildman–Crippen LogP) is -2.57. The van der Waals surface area contributed by atoms with Crippen LogP contribution in [0, 0.1) is 0 Å². The molecule has 78 valence electrons. The Morgan fingerprint density at radius 1 is 1.54 bits per heavy atom. The molecule has 0 bridgehead atoms. The lowest BCUT2D eigenvalue weighted by molar-refractivity contribution is -0.166. The molecule has 0 spiro atoms. The third kappa shape index (κ3) is 1.98. The number of aliphatic hydroxyl groups is 4. The van der Waals surface area contributed by atoms with Crippen LogP contribution in [0.25, 0.3) is 0 Å².